The zero-order chi connectivity index (χ0) is 10.8. The van der Waals surface area contributed by atoms with Crippen molar-refractivity contribution in [2.24, 2.45) is 0 Å². The molecule has 0 spiro atoms. The van der Waals surface area contributed by atoms with Crippen molar-refractivity contribution in [2.75, 3.05) is 0 Å². The molecule has 0 amide bonds. The van der Waals surface area contributed by atoms with Gasteiger partial charge in [0.2, 0.25) is 0 Å². The van der Waals surface area contributed by atoms with Gasteiger partial charge in [-0.05, 0) is 50.7 Å². The average molecular weight is 397 g/mol. The maximum absolute atomic E-state index is 11.8. The summed E-state index contributed by atoms with van der Waals surface area (Å²) in [6, 6.07) is 3.70. The Labute approximate surface area is 113 Å². The molecule has 0 radical (unpaired) electrons. The molecule has 0 N–H and O–H groups in total. The standard InChI is InChI=1S/C9H6BrIN2OS/c10-9-2-1-8(15-9)7(14)5-13-4-6(11)3-12-13/h1-4H,5H2. The first-order chi connectivity index (χ1) is 7.15. The van der Waals surface area contributed by atoms with Crippen LogP contribution in [0.3, 0.4) is 0 Å². The minimum Gasteiger partial charge on any atom is -0.291 e. The molecule has 3 nitrogen and oxygen atoms in total. The summed E-state index contributed by atoms with van der Waals surface area (Å²) >= 11 is 6.95. The highest BCUT2D eigenvalue weighted by molar-refractivity contribution is 14.1. The van der Waals surface area contributed by atoms with Crippen molar-refractivity contribution in [2.45, 2.75) is 6.54 Å². The Balaban J connectivity index is 2.10. The number of nitrogens with zero attached hydrogens (tertiary/aromatic N) is 2. The van der Waals surface area contributed by atoms with E-state index >= 15 is 0 Å². The predicted molar refractivity (Wildman–Crippen MR) is 71.3 cm³/mol. The molecule has 0 aliphatic heterocycles. The topological polar surface area (TPSA) is 34.9 Å². The van der Waals surface area contributed by atoms with Gasteiger partial charge >= 0.3 is 0 Å². The SMILES string of the molecule is O=C(Cn1cc(I)cn1)c1ccc(Br)s1. The van der Waals surface area contributed by atoms with Gasteiger partial charge in [-0.3, -0.25) is 9.48 Å². The van der Waals surface area contributed by atoms with E-state index in [9.17, 15) is 4.79 Å². The molecule has 78 valence electrons. The number of hydrogen-bond donors (Lipinski definition) is 0. The van der Waals surface area contributed by atoms with Gasteiger partial charge in [-0.25, -0.2) is 0 Å². The molecule has 0 aliphatic carbocycles. The van der Waals surface area contributed by atoms with Crippen LogP contribution in [-0.2, 0) is 6.54 Å². The molecule has 6 heteroatoms. The van der Waals surface area contributed by atoms with E-state index in [1.54, 1.807) is 10.9 Å². The first kappa shape index (κ1) is 11.3. The fourth-order valence-electron chi connectivity index (χ4n) is 1.11. The molecule has 0 atom stereocenters. The number of thiophene rings is 1. The second kappa shape index (κ2) is 4.75. The van der Waals surface area contributed by atoms with E-state index in [-0.39, 0.29) is 5.78 Å². The van der Waals surface area contributed by atoms with Crippen LogP contribution in [0.15, 0.2) is 28.3 Å². The minimum absolute atomic E-state index is 0.0881. The maximum atomic E-state index is 11.8. The molecule has 15 heavy (non-hydrogen) atoms. The van der Waals surface area contributed by atoms with Gasteiger partial charge < -0.3 is 0 Å². The number of Topliss-reactive ketones (excluding diaryl/α,β-unsaturated/α-hetero) is 1. The Morgan fingerprint density at radius 2 is 2.40 bits per heavy atom. The minimum atomic E-state index is 0.0881. The summed E-state index contributed by atoms with van der Waals surface area (Å²) in [5.74, 6) is 0.0881. The molecule has 2 rings (SSSR count). The lowest BCUT2D eigenvalue weighted by Crippen LogP contribution is -2.09. The van der Waals surface area contributed by atoms with E-state index in [0.717, 1.165) is 12.2 Å². The number of halogens is 2. The molecule has 2 heterocycles. The van der Waals surface area contributed by atoms with E-state index in [1.165, 1.54) is 11.3 Å². The van der Waals surface area contributed by atoms with E-state index in [0.29, 0.717) is 6.54 Å². The molecular weight excluding hydrogens is 391 g/mol. The van der Waals surface area contributed by atoms with E-state index in [2.05, 4.69) is 43.6 Å². The number of ketones is 1. The van der Waals surface area contributed by atoms with Gasteiger partial charge in [0.25, 0.3) is 0 Å². The highest BCUT2D eigenvalue weighted by Gasteiger charge is 2.09. The molecule has 0 bridgehead atoms. The second-order valence-electron chi connectivity index (χ2n) is 2.88. The molecule has 0 saturated carbocycles. The Hall–Kier alpha value is -0.210. The Morgan fingerprint density at radius 3 is 2.93 bits per heavy atom. The quantitative estimate of drug-likeness (QED) is 0.589. The van der Waals surface area contributed by atoms with Crippen molar-refractivity contribution in [3.63, 3.8) is 0 Å². The van der Waals surface area contributed by atoms with E-state index < -0.39 is 0 Å². The van der Waals surface area contributed by atoms with Crippen LogP contribution >= 0.6 is 49.9 Å². The van der Waals surface area contributed by atoms with Crippen LogP contribution < -0.4 is 0 Å². The van der Waals surface area contributed by atoms with Crippen molar-refractivity contribution < 1.29 is 4.79 Å². The molecule has 0 aliphatic rings. The molecule has 0 saturated heterocycles. The van der Waals surface area contributed by atoms with Gasteiger partial charge in [-0.15, -0.1) is 11.3 Å². The number of hydrogen-bond acceptors (Lipinski definition) is 3. The third-order valence-electron chi connectivity index (χ3n) is 1.76. The number of carbonyl (C=O) groups is 1. The second-order valence-corrected chi connectivity index (χ2v) is 6.59. The Morgan fingerprint density at radius 1 is 1.60 bits per heavy atom. The van der Waals surface area contributed by atoms with Crippen LogP contribution in [0.2, 0.25) is 0 Å². The monoisotopic (exact) mass is 396 g/mol. The largest absolute Gasteiger partial charge is 0.291 e. The molecule has 2 aromatic heterocycles. The number of carbonyl (C=O) groups excluding carboxylic acids is 1. The van der Waals surface area contributed by atoms with E-state index in [1.807, 2.05) is 18.3 Å². The predicted octanol–water partition coefficient (Wildman–Crippen LogP) is 3.19. The summed E-state index contributed by atoms with van der Waals surface area (Å²) in [7, 11) is 0. The fourth-order valence-corrected chi connectivity index (χ4v) is 2.88. The number of aromatic nitrogens is 2. The molecule has 0 aromatic carbocycles. The third kappa shape index (κ3) is 2.88. The van der Waals surface area contributed by atoms with Crippen LogP contribution in [0.1, 0.15) is 9.67 Å². The Kier molecular flexibility index (Phi) is 3.57. The molecule has 0 unspecified atom stereocenters. The first-order valence-electron chi connectivity index (χ1n) is 4.11. The molecule has 2 aromatic rings. The van der Waals surface area contributed by atoms with Crippen LogP contribution in [0.5, 0.6) is 0 Å². The summed E-state index contributed by atoms with van der Waals surface area (Å²) in [6.07, 6.45) is 3.58. The van der Waals surface area contributed by atoms with Crippen LogP contribution in [0.25, 0.3) is 0 Å². The highest BCUT2D eigenvalue weighted by atomic mass is 127. The van der Waals surface area contributed by atoms with Crippen LogP contribution in [0, 0.1) is 3.57 Å². The highest BCUT2D eigenvalue weighted by Crippen LogP contribution is 2.22. The van der Waals surface area contributed by atoms with Gasteiger partial charge in [-0.1, -0.05) is 0 Å². The summed E-state index contributed by atoms with van der Waals surface area (Å²) in [6.45, 7) is 0.302. The van der Waals surface area contributed by atoms with Gasteiger partial charge in [0.1, 0.15) is 6.54 Å². The van der Waals surface area contributed by atoms with Crippen LogP contribution in [0.4, 0.5) is 0 Å². The van der Waals surface area contributed by atoms with Gasteiger partial charge in [-0.2, -0.15) is 5.10 Å². The van der Waals surface area contributed by atoms with Crippen molar-refractivity contribution in [3.05, 3.63) is 36.8 Å². The zero-order valence-corrected chi connectivity index (χ0v) is 12.0. The summed E-state index contributed by atoms with van der Waals surface area (Å²) < 4.78 is 3.66. The lowest BCUT2D eigenvalue weighted by molar-refractivity contribution is 0.0971. The summed E-state index contributed by atoms with van der Waals surface area (Å²) in [4.78, 5) is 12.5. The summed E-state index contributed by atoms with van der Waals surface area (Å²) in [5, 5.41) is 4.07. The van der Waals surface area contributed by atoms with Crippen molar-refractivity contribution in [3.8, 4) is 0 Å². The zero-order valence-electron chi connectivity index (χ0n) is 7.48. The third-order valence-corrected chi connectivity index (χ3v) is 3.98. The lowest BCUT2D eigenvalue weighted by Gasteiger charge is -1.97. The Bertz CT molecular complexity index is 494. The van der Waals surface area contributed by atoms with Gasteiger partial charge in [0, 0.05) is 6.20 Å². The van der Waals surface area contributed by atoms with Gasteiger partial charge in [0.15, 0.2) is 5.78 Å². The van der Waals surface area contributed by atoms with E-state index in [4.69, 9.17) is 0 Å². The summed E-state index contributed by atoms with van der Waals surface area (Å²) in [5.41, 5.74) is 0. The first-order valence-corrected chi connectivity index (χ1v) is 6.80. The van der Waals surface area contributed by atoms with Crippen LogP contribution in [-0.4, -0.2) is 15.6 Å². The van der Waals surface area contributed by atoms with Crippen molar-refractivity contribution >= 4 is 55.6 Å². The molecular formula is C9H6BrIN2OS. The van der Waals surface area contributed by atoms with Crippen molar-refractivity contribution in [1.29, 1.82) is 0 Å². The fraction of sp³-hybridized carbons (Fsp3) is 0.111. The van der Waals surface area contributed by atoms with Gasteiger partial charge in [0.05, 0.1) is 18.4 Å². The average Bonchev–Trinajstić information content (AvgIpc) is 2.75. The smallest absolute Gasteiger partial charge is 0.194 e. The molecule has 0 fully saturated rings. The normalized spacial score (nSPS) is 10.5. The maximum Gasteiger partial charge on any atom is 0.194 e. The van der Waals surface area contributed by atoms with Crippen molar-refractivity contribution in [1.82, 2.24) is 9.78 Å². The lowest BCUT2D eigenvalue weighted by atomic mass is 10.3. The number of rotatable bonds is 3.